The van der Waals surface area contributed by atoms with E-state index in [0.29, 0.717) is 17.6 Å². The Labute approximate surface area is 148 Å². The van der Waals surface area contributed by atoms with Gasteiger partial charge in [-0.2, -0.15) is 0 Å². The highest BCUT2D eigenvalue weighted by Crippen LogP contribution is 2.31. The third-order valence-electron chi connectivity index (χ3n) is 4.55. The molecule has 3 heterocycles. The zero-order valence-electron chi connectivity index (χ0n) is 13.5. The number of para-hydroxylation sites is 1. The normalized spacial score (nSPS) is 14.2. The second-order valence-corrected chi connectivity index (χ2v) is 7.36. The van der Waals surface area contributed by atoms with Gasteiger partial charge in [-0.3, -0.25) is 4.79 Å². The molecule has 0 unspecified atom stereocenters. The minimum absolute atomic E-state index is 0.0228. The Morgan fingerprint density at radius 1 is 1.20 bits per heavy atom. The van der Waals surface area contributed by atoms with E-state index < -0.39 is 0 Å². The maximum absolute atomic E-state index is 13.1. The van der Waals surface area contributed by atoms with Crippen LogP contribution in [-0.2, 0) is 6.54 Å². The van der Waals surface area contributed by atoms with Gasteiger partial charge in [-0.1, -0.05) is 18.2 Å². The molecule has 1 aromatic carbocycles. The lowest BCUT2D eigenvalue weighted by atomic mass is 10.3. The van der Waals surface area contributed by atoms with Crippen molar-refractivity contribution >= 4 is 33.1 Å². The number of benzene rings is 1. The Balaban J connectivity index is 1.49. The molecule has 5 nitrogen and oxygen atoms in total. The van der Waals surface area contributed by atoms with E-state index in [4.69, 9.17) is 0 Å². The summed E-state index contributed by atoms with van der Waals surface area (Å²) in [4.78, 5) is 24.0. The Bertz CT molecular complexity index is 1050. The molecule has 0 spiro atoms. The van der Waals surface area contributed by atoms with Crippen LogP contribution in [0.25, 0.3) is 15.9 Å². The zero-order chi connectivity index (χ0) is 16.8. The number of thiazole rings is 1. The number of amides is 1. The van der Waals surface area contributed by atoms with E-state index in [-0.39, 0.29) is 5.91 Å². The van der Waals surface area contributed by atoms with Crippen molar-refractivity contribution < 1.29 is 4.79 Å². The number of nitrogens with zero attached hydrogens (tertiary/aromatic N) is 4. The van der Waals surface area contributed by atoms with Gasteiger partial charge in [0.15, 0.2) is 5.01 Å². The van der Waals surface area contributed by atoms with Crippen molar-refractivity contribution in [3.63, 3.8) is 0 Å². The maximum atomic E-state index is 13.1. The molecule has 0 aliphatic heterocycles. The van der Waals surface area contributed by atoms with Crippen LogP contribution in [0.4, 0.5) is 0 Å². The van der Waals surface area contributed by atoms with Gasteiger partial charge in [0.25, 0.3) is 5.91 Å². The van der Waals surface area contributed by atoms with Crippen LogP contribution in [0, 0.1) is 0 Å². The molecule has 124 valence electrons. The van der Waals surface area contributed by atoms with Gasteiger partial charge in [0, 0.05) is 12.2 Å². The lowest BCUT2D eigenvalue weighted by molar-refractivity contribution is 0.0727. The van der Waals surface area contributed by atoms with Crippen LogP contribution < -0.4 is 0 Å². The van der Waals surface area contributed by atoms with Crippen LogP contribution in [-0.4, -0.2) is 31.2 Å². The number of hydrogen-bond acceptors (Lipinski definition) is 4. The summed E-state index contributed by atoms with van der Waals surface area (Å²) in [7, 11) is 0. The summed E-state index contributed by atoms with van der Waals surface area (Å²) in [6, 6.07) is 14.1. The van der Waals surface area contributed by atoms with Crippen molar-refractivity contribution in [1.29, 1.82) is 0 Å². The molecular weight excluding hydrogens is 332 g/mol. The van der Waals surface area contributed by atoms with E-state index in [1.165, 1.54) is 11.3 Å². The molecular formula is C19H16N4OS. The van der Waals surface area contributed by atoms with Crippen molar-refractivity contribution in [2.75, 3.05) is 0 Å². The average molecular weight is 348 g/mol. The summed E-state index contributed by atoms with van der Waals surface area (Å²) in [6.07, 6.45) is 5.97. The van der Waals surface area contributed by atoms with Gasteiger partial charge in [-0.25, -0.2) is 9.97 Å². The van der Waals surface area contributed by atoms with Crippen LogP contribution in [0.2, 0.25) is 0 Å². The number of carbonyl (C=O) groups excluding carboxylic acids is 1. The number of aromatic nitrogens is 3. The first-order chi connectivity index (χ1) is 12.3. The number of pyridine rings is 1. The zero-order valence-corrected chi connectivity index (χ0v) is 14.3. The summed E-state index contributed by atoms with van der Waals surface area (Å²) >= 11 is 1.47. The van der Waals surface area contributed by atoms with Crippen LogP contribution in [0.1, 0.15) is 28.3 Å². The topological polar surface area (TPSA) is 50.5 Å². The molecule has 5 rings (SSSR count). The molecule has 6 heteroatoms. The quantitative estimate of drug-likeness (QED) is 0.564. The fourth-order valence-electron chi connectivity index (χ4n) is 3.12. The van der Waals surface area contributed by atoms with Crippen LogP contribution in [0.15, 0.2) is 54.9 Å². The summed E-state index contributed by atoms with van der Waals surface area (Å²) in [5.41, 5.74) is 2.82. The number of fused-ring (bicyclic) bond motifs is 2. The molecule has 0 N–H and O–H groups in total. The maximum Gasteiger partial charge on any atom is 0.283 e. The summed E-state index contributed by atoms with van der Waals surface area (Å²) < 4.78 is 3.09. The second kappa shape index (κ2) is 5.67. The number of carbonyl (C=O) groups is 1. The van der Waals surface area contributed by atoms with Gasteiger partial charge in [0.2, 0.25) is 0 Å². The molecule has 1 fully saturated rings. The van der Waals surface area contributed by atoms with Crippen LogP contribution in [0.5, 0.6) is 0 Å². The Morgan fingerprint density at radius 3 is 2.88 bits per heavy atom. The third-order valence-corrected chi connectivity index (χ3v) is 5.58. The highest BCUT2D eigenvalue weighted by molar-refractivity contribution is 7.20. The Hall–Kier alpha value is -2.73. The van der Waals surface area contributed by atoms with E-state index in [1.54, 1.807) is 0 Å². The molecule has 3 aromatic heterocycles. The predicted octanol–water partition coefficient (Wildman–Crippen LogP) is 3.75. The summed E-state index contributed by atoms with van der Waals surface area (Å²) in [5, 5.41) is 0.571. The minimum atomic E-state index is 0.0228. The number of imidazole rings is 1. The monoisotopic (exact) mass is 348 g/mol. The van der Waals surface area contributed by atoms with Crippen molar-refractivity contribution in [2.45, 2.75) is 25.4 Å². The molecule has 0 radical (unpaired) electrons. The number of hydrogen-bond donors (Lipinski definition) is 0. The SMILES string of the molecule is O=C(c1nc2ccccc2s1)N(Cc1cnc2ccccn12)C1CC1. The first-order valence-corrected chi connectivity index (χ1v) is 9.19. The minimum Gasteiger partial charge on any atom is -0.328 e. The molecule has 4 aromatic rings. The van der Waals surface area contributed by atoms with Crippen molar-refractivity contribution in [2.24, 2.45) is 0 Å². The highest BCUT2D eigenvalue weighted by Gasteiger charge is 2.34. The Kier molecular flexibility index (Phi) is 3.31. The van der Waals surface area contributed by atoms with Gasteiger partial charge in [0.1, 0.15) is 5.65 Å². The van der Waals surface area contributed by atoms with Crippen molar-refractivity contribution in [3.05, 3.63) is 65.6 Å². The summed E-state index contributed by atoms with van der Waals surface area (Å²) in [5.74, 6) is 0.0228. The van der Waals surface area contributed by atoms with E-state index in [0.717, 1.165) is 34.4 Å². The molecule has 0 atom stereocenters. The first kappa shape index (κ1) is 14.6. The van der Waals surface area contributed by atoms with Gasteiger partial charge in [0.05, 0.1) is 28.7 Å². The van der Waals surface area contributed by atoms with E-state index in [1.807, 2.05) is 64.2 Å². The third kappa shape index (κ3) is 2.59. The summed E-state index contributed by atoms with van der Waals surface area (Å²) in [6.45, 7) is 0.560. The van der Waals surface area contributed by atoms with Crippen LogP contribution in [0.3, 0.4) is 0 Å². The predicted molar refractivity (Wildman–Crippen MR) is 97.7 cm³/mol. The van der Waals surface area contributed by atoms with E-state index >= 15 is 0 Å². The van der Waals surface area contributed by atoms with Crippen molar-refractivity contribution in [1.82, 2.24) is 19.3 Å². The van der Waals surface area contributed by atoms with Gasteiger partial charge in [-0.05, 0) is 37.1 Å². The largest absolute Gasteiger partial charge is 0.328 e. The first-order valence-electron chi connectivity index (χ1n) is 8.37. The Morgan fingerprint density at radius 2 is 2.04 bits per heavy atom. The smallest absolute Gasteiger partial charge is 0.283 e. The molecule has 1 saturated carbocycles. The standard InChI is InChI=1S/C19H16N4OS/c24-19(18-21-15-5-1-2-6-16(15)25-18)23(13-8-9-13)12-14-11-20-17-7-3-4-10-22(14)17/h1-7,10-11,13H,8-9,12H2. The van der Waals surface area contributed by atoms with Crippen LogP contribution >= 0.6 is 11.3 Å². The van der Waals surface area contributed by atoms with Gasteiger partial charge in [-0.15, -0.1) is 11.3 Å². The van der Waals surface area contributed by atoms with E-state index in [9.17, 15) is 4.79 Å². The molecule has 1 amide bonds. The lowest BCUT2D eigenvalue weighted by Gasteiger charge is -2.21. The second-order valence-electron chi connectivity index (χ2n) is 6.33. The molecule has 25 heavy (non-hydrogen) atoms. The van der Waals surface area contributed by atoms with Gasteiger partial charge < -0.3 is 9.30 Å². The molecule has 0 bridgehead atoms. The molecule has 0 saturated heterocycles. The highest BCUT2D eigenvalue weighted by atomic mass is 32.1. The average Bonchev–Trinajstić information content (AvgIpc) is 3.26. The van der Waals surface area contributed by atoms with Crippen molar-refractivity contribution in [3.8, 4) is 0 Å². The van der Waals surface area contributed by atoms with Gasteiger partial charge >= 0.3 is 0 Å². The number of rotatable bonds is 4. The lowest BCUT2D eigenvalue weighted by Crippen LogP contribution is -2.33. The molecule has 1 aliphatic rings. The molecule has 1 aliphatic carbocycles. The van der Waals surface area contributed by atoms with E-state index in [2.05, 4.69) is 9.97 Å². The fraction of sp³-hybridized carbons (Fsp3) is 0.211. The fourth-order valence-corrected chi connectivity index (χ4v) is 4.04.